The lowest BCUT2D eigenvalue weighted by molar-refractivity contribution is 0.414. The highest BCUT2D eigenvalue weighted by Crippen LogP contribution is 2.32. The van der Waals surface area contributed by atoms with Crippen LogP contribution in [0.4, 0.5) is 5.88 Å². The average Bonchev–Trinajstić information content (AvgIpc) is 2.82. The molecule has 1 N–H and O–H groups in total. The Kier molecular flexibility index (Phi) is 3.77. The SMILES string of the molecule is COc1ccc2c(C)c(NS(=O)(=O)c3ccc(C)cc3)oc2c1. The van der Waals surface area contributed by atoms with Crippen LogP contribution in [0.25, 0.3) is 11.0 Å². The van der Waals surface area contributed by atoms with Gasteiger partial charge in [0.05, 0.1) is 12.0 Å². The maximum Gasteiger partial charge on any atom is 0.264 e. The number of aryl methyl sites for hydroxylation is 2. The highest BCUT2D eigenvalue weighted by Gasteiger charge is 2.19. The van der Waals surface area contributed by atoms with Gasteiger partial charge >= 0.3 is 0 Å². The summed E-state index contributed by atoms with van der Waals surface area (Å²) in [6.45, 7) is 3.71. The molecule has 0 aliphatic heterocycles. The van der Waals surface area contributed by atoms with E-state index >= 15 is 0 Å². The molecular formula is C17H17NO4S. The third-order valence-corrected chi connectivity index (χ3v) is 5.05. The number of hydrogen-bond acceptors (Lipinski definition) is 4. The van der Waals surface area contributed by atoms with Crippen molar-refractivity contribution in [3.05, 3.63) is 53.6 Å². The first-order valence-corrected chi connectivity index (χ1v) is 8.55. The predicted molar refractivity (Wildman–Crippen MR) is 89.5 cm³/mol. The van der Waals surface area contributed by atoms with Crippen molar-refractivity contribution in [3.63, 3.8) is 0 Å². The number of ether oxygens (including phenoxy) is 1. The van der Waals surface area contributed by atoms with Crippen LogP contribution >= 0.6 is 0 Å². The Morgan fingerprint density at radius 1 is 1.04 bits per heavy atom. The van der Waals surface area contributed by atoms with E-state index in [9.17, 15) is 8.42 Å². The van der Waals surface area contributed by atoms with Gasteiger partial charge in [-0.2, -0.15) is 0 Å². The smallest absolute Gasteiger partial charge is 0.264 e. The number of methoxy groups -OCH3 is 1. The van der Waals surface area contributed by atoms with Gasteiger partial charge in [0.1, 0.15) is 11.3 Å². The molecule has 0 aliphatic carbocycles. The number of rotatable bonds is 4. The Morgan fingerprint density at radius 2 is 1.74 bits per heavy atom. The molecule has 5 nitrogen and oxygen atoms in total. The van der Waals surface area contributed by atoms with E-state index in [-0.39, 0.29) is 10.8 Å². The van der Waals surface area contributed by atoms with E-state index in [0.29, 0.717) is 11.3 Å². The largest absolute Gasteiger partial charge is 0.497 e. The molecule has 6 heteroatoms. The zero-order valence-corrected chi connectivity index (χ0v) is 13.9. The van der Waals surface area contributed by atoms with Crippen molar-refractivity contribution < 1.29 is 17.6 Å². The Labute approximate surface area is 134 Å². The summed E-state index contributed by atoms with van der Waals surface area (Å²) in [7, 11) is -2.12. The maximum absolute atomic E-state index is 12.5. The molecule has 0 aliphatic rings. The topological polar surface area (TPSA) is 68.5 Å². The van der Waals surface area contributed by atoms with E-state index in [1.54, 1.807) is 37.4 Å². The first-order chi connectivity index (χ1) is 10.9. The number of furan rings is 1. The highest BCUT2D eigenvalue weighted by atomic mass is 32.2. The van der Waals surface area contributed by atoms with Gasteiger partial charge in [0.2, 0.25) is 5.88 Å². The summed E-state index contributed by atoms with van der Waals surface area (Å²) < 4.78 is 38.3. The normalized spacial score (nSPS) is 11.6. The summed E-state index contributed by atoms with van der Waals surface area (Å²) in [4.78, 5) is 0.195. The second-order valence-electron chi connectivity index (χ2n) is 5.34. The molecule has 0 fully saturated rings. The van der Waals surface area contributed by atoms with E-state index < -0.39 is 10.0 Å². The van der Waals surface area contributed by atoms with Crippen LogP contribution in [0.15, 0.2) is 51.8 Å². The van der Waals surface area contributed by atoms with E-state index in [2.05, 4.69) is 4.72 Å². The van der Waals surface area contributed by atoms with Gasteiger partial charge in [-0.25, -0.2) is 13.1 Å². The number of sulfonamides is 1. The summed E-state index contributed by atoms with van der Waals surface area (Å²) in [5.74, 6) is 0.869. The Balaban J connectivity index is 2.00. The van der Waals surface area contributed by atoms with Gasteiger partial charge in [-0.15, -0.1) is 0 Å². The maximum atomic E-state index is 12.5. The lowest BCUT2D eigenvalue weighted by Gasteiger charge is -2.06. The molecule has 1 aromatic heterocycles. The molecule has 1 heterocycles. The second-order valence-corrected chi connectivity index (χ2v) is 7.02. The van der Waals surface area contributed by atoms with Gasteiger partial charge in [0, 0.05) is 17.0 Å². The lowest BCUT2D eigenvalue weighted by Crippen LogP contribution is -2.13. The molecule has 0 amide bonds. The van der Waals surface area contributed by atoms with Gasteiger partial charge in [-0.05, 0) is 38.1 Å². The Bertz CT molecular complexity index is 956. The quantitative estimate of drug-likeness (QED) is 0.788. The molecule has 0 saturated heterocycles. The standard InChI is InChI=1S/C17H17NO4S/c1-11-4-7-14(8-5-11)23(19,20)18-17-12(2)15-9-6-13(21-3)10-16(15)22-17/h4-10,18H,1-3H3. The fourth-order valence-electron chi connectivity index (χ4n) is 2.33. The molecule has 23 heavy (non-hydrogen) atoms. The summed E-state index contributed by atoms with van der Waals surface area (Å²) in [5.41, 5.74) is 2.30. The van der Waals surface area contributed by atoms with Gasteiger partial charge in [0.15, 0.2) is 0 Å². The van der Waals surface area contributed by atoms with Crippen LogP contribution in [0.3, 0.4) is 0 Å². The molecule has 0 unspecified atom stereocenters. The molecule has 0 spiro atoms. The van der Waals surface area contributed by atoms with Gasteiger partial charge in [-0.3, -0.25) is 0 Å². The van der Waals surface area contributed by atoms with Crippen molar-refractivity contribution in [3.8, 4) is 5.75 Å². The van der Waals surface area contributed by atoms with Crippen LogP contribution in [0.2, 0.25) is 0 Å². The van der Waals surface area contributed by atoms with Crippen LogP contribution in [-0.2, 0) is 10.0 Å². The third-order valence-electron chi connectivity index (χ3n) is 3.70. The summed E-state index contributed by atoms with van der Waals surface area (Å²) in [6, 6.07) is 12.0. The first-order valence-electron chi connectivity index (χ1n) is 7.07. The van der Waals surface area contributed by atoms with Crippen LogP contribution < -0.4 is 9.46 Å². The molecule has 3 rings (SSSR count). The fraction of sp³-hybridized carbons (Fsp3) is 0.176. The summed E-state index contributed by atoms with van der Waals surface area (Å²) in [6.07, 6.45) is 0. The van der Waals surface area contributed by atoms with Crippen molar-refractivity contribution in [1.29, 1.82) is 0 Å². The predicted octanol–water partition coefficient (Wildman–Crippen LogP) is 3.86. The minimum Gasteiger partial charge on any atom is -0.497 e. The van der Waals surface area contributed by atoms with Crippen molar-refractivity contribution in [2.75, 3.05) is 11.8 Å². The molecule has 2 aromatic carbocycles. The number of nitrogens with one attached hydrogen (secondary N) is 1. The van der Waals surface area contributed by atoms with Crippen LogP contribution in [0, 0.1) is 13.8 Å². The third kappa shape index (κ3) is 2.90. The summed E-state index contributed by atoms with van der Waals surface area (Å²) in [5, 5.41) is 0.840. The molecule has 0 bridgehead atoms. The molecule has 0 radical (unpaired) electrons. The van der Waals surface area contributed by atoms with Crippen molar-refractivity contribution in [2.45, 2.75) is 18.7 Å². The number of anilines is 1. The number of hydrogen-bond donors (Lipinski definition) is 1. The number of fused-ring (bicyclic) bond motifs is 1. The lowest BCUT2D eigenvalue weighted by atomic mass is 10.2. The molecule has 3 aromatic rings. The van der Waals surface area contributed by atoms with E-state index in [1.165, 1.54) is 0 Å². The Hall–Kier alpha value is -2.47. The van der Waals surface area contributed by atoms with Crippen LogP contribution in [-0.4, -0.2) is 15.5 Å². The van der Waals surface area contributed by atoms with Gasteiger partial charge < -0.3 is 9.15 Å². The molecule has 0 saturated carbocycles. The van der Waals surface area contributed by atoms with Gasteiger partial charge in [0.25, 0.3) is 10.0 Å². The van der Waals surface area contributed by atoms with Crippen molar-refractivity contribution in [1.82, 2.24) is 0 Å². The van der Waals surface area contributed by atoms with E-state index in [1.807, 2.05) is 26.0 Å². The minimum absolute atomic E-state index is 0.195. The van der Waals surface area contributed by atoms with Crippen LogP contribution in [0.1, 0.15) is 11.1 Å². The second kappa shape index (κ2) is 5.62. The highest BCUT2D eigenvalue weighted by molar-refractivity contribution is 7.92. The average molecular weight is 331 g/mol. The fourth-order valence-corrected chi connectivity index (χ4v) is 3.38. The summed E-state index contributed by atoms with van der Waals surface area (Å²) >= 11 is 0. The Morgan fingerprint density at radius 3 is 2.39 bits per heavy atom. The van der Waals surface area contributed by atoms with Crippen molar-refractivity contribution >= 4 is 26.9 Å². The van der Waals surface area contributed by atoms with Gasteiger partial charge in [-0.1, -0.05) is 17.7 Å². The molecule has 0 atom stereocenters. The zero-order chi connectivity index (χ0) is 16.6. The number of benzene rings is 2. The van der Waals surface area contributed by atoms with Crippen LogP contribution in [0.5, 0.6) is 5.75 Å². The molecular weight excluding hydrogens is 314 g/mol. The zero-order valence-electron chi connectivity index (χ0n) is 13.1. The minimum atomic E-state index is -3.69. The van der Waals surface area contributed by atoms with E-state index in [0.717, 1.165) is 16.5 Å². The molecule has 120 valence electrons. The first kappa shape index (κ1) is 15.4. The van der Waals surface area contributed by atoms with Crippen molar-refractivity contribution in [2.24, 2.45) is 0 Å². The monoisotopic (exact) mass is 331 g/mol. The van der Waals surface area contributed by atoms with E-state index in [4.69, 9.17) is 9.15 Å².